The number of rotatable bonds is 6. The molecule has 1 aromatic carbocycles. The van der Waals surface area contributed by atoms with Gasteiger partial charge in [0.25, 0.3) is 0 Å². The summed E-state index contributed by atoms with van der Waals surface area (Å²) >= 11 is 0. The molecule has 0 bridgehead atoms. The van der Waals surface area contributed by atoms with Crippen molar-refractivity contribution in [3.63, 3.8) is 0 Å². The Balaban J connectivity index is 2.74. The molecule has 1 rings (SSSR count). The van der Waals surface area contributed by atoms with Gasteiger partial charge in [0.1, 0.15) is 6.04 Å². The molecular formula is C14H17NO4. The van der Waals surface area contributed by atoms with Crippen LogP contribution in [0.4, 0.5) is 0 Å². The summed E-state index contributed by atoms with van der Waals surface area (Å²) in [5.74, 6) is -1.19. The van der Waals surface area contributed by atoms with Crippen LogP contribution in [-0.2, 0) is 14.3 Å². The van der Waals surface area contributed by atoms with Crippen molar-refractivity contribution < 1.29 is 19.1 Å². The average Bonchev–Trinajstić information content (AvgIpc) is 2.38. The molecule has 19 heavy (non-hydrogen) atoms. The second kappa shape index (κ2) is 7.31. The highest BCUT2D eigenvalue weighted by Gasteiger charge is 2.24. The van der Waals surface area contributed by atoms with Crippen molar-refractivity contribution in [3.05, 3.63) is 35.9 Å². The molecule has 1 N–H and O–H groups in total. The Morgan fingerprint density at radius 3 is 2.37 bits per heavy atom. The van der Waals surface area contributed by atoms with E-state index >= 15 is 0 Å². The van der Waals surface area contributed by atoms with E-state index in [1.54, 1.807) is 37.3 Å². The van der Waals surface area contributed by atoms with E-state index in [-0.39, 0.29) is 24.7 Å². The van der Waals surface area contributed by atoms with Crippen LogP contribution >= 0.6 is 0 Å². The summed E-state index contributed by atoms with van der Waals surface area (Å²) in [6.07, 6.45) is -0.109. The number of hydrogen-bond donors (Lipinski definition) is 1. The Kier molecular flexibility index (Phi) is 5.73. The van der Waals surface area contributed by atoms with Gasteiger partial charge in [-0.1, -0.05) is 30.3 Å². The minimum absolute atomic E-state index is 0.109. The van der Waals surface area contributed by atoms with Gasteiger partial charge in [-0.15, -0.1) is 0 Å². The average molecular weight is 263 g/mol. The molecule has 0 aliphatic carbocycles. The van der Waals surface area contributed by atoms with E-state index in [1.165, 1.54) is 6.92 Å². The van der Waals surface area contributed by atoms with Crippen molar-refractivity contribution in [2.24, 2.45) is 0 Å². The number of benzene rings is 1. The fourth-order valence-electron chi connectivity index (χ4n) is 1.61. The molecule has 0 unspecified atom stereocenters. The zero-order valence-electron chi connectivity index (χ0n) is 11.0. The standard InChI is InChI=1S/C14H17NO4/c1-3-19-14(18)12(15-10(2)16)9-13(17)11-7-5-4-6-8-11/h4-8,12H,3,9H2,1-2H3,(H,15,16)/t12-/m0/s1. The number of ketones is 1. The highest BCUT2D eigenvalue weighted by atomic mass is 16.5. The Morgan fingerprint density at radius 2 is 1.84 bits per heavy atom. The molecule has 0 heterocycles. The van der Waals surface area contributed by atoms with Crippen LogP contribution in [0.1, 0.15) is 30.6 Å². The molecule has 0 fully saturated rings. The van der Waals surface area contributed by atoms with Crippen molar-refractivity contribution in [2.75, 3.05) is 6.61 Å². The molecule has 1 aromatic rings. The van der Waals surface area contributed by atoms with Gasteiger partial charge in [0.15, 0.2) is 5.78 Å². The smallest absolute Gasteiger partial charge is 0.329 e. The van der Waals surface area contributed by atoms with Gasteiger partial charge in [-0.3, -0.25) is 9.59 Å². The number of amides is 1. The van der Waals surface area contributed by atoms with E-state index in [4.69, 9.17) is 4.74 Å². The number of esters is 1. The number of Topliss-reactive ketones (excluding diaryl/α,β-unsaturated/α-hetero) is 1. The largest absolute Gasteiger partial charge is 0.464 e. The van der Waals surface area contributed by atoms with E-state index in [0.29, 0.717) is 5.56 Å². The first-order valence-electron chi connectivity index (χ1n) is 6.06. The van der Waals surface area contributed by atoms with Crippen LogP contribution in [0.2, 0.25) is 0 Å². The van der Waals surface area contributed by atoms with Crippen LogP contribution < -0.4 is 5.32 Å². The van der Waals surface area contributed by atoms with Crippen molar-refractivity contribution in [3.8, 4) is 0 Å². The van der Waals surface area contributed by atoms with E-state index in [9.17, 15) is 14.4 Å². The number of carbonyl (C=O) groups excluding carboxylic acids is 3. The van der Waals surface area contributed by atoms with Gasteiger partial charge in [-0.25, -0.2) is 4.79 Å². The Morgan fingerprint density at radius 1 is 1.21 bits per heavy atom. The van der Waals surface area contributed by atoms with E-state index in [1.807, 2.05) is 0 Å². The summed E-state index contributed by atoms with van der Waals surface area (Å²) < 4.78 is 4.84. The number of hydrogen-bond acceptors (Lipinski definition) is 4. The summed E-state index contributed by atoms with van der Waals surface area (Å²) in [6.45, 7) is 3.16. The minimum atomic E-state index is -0.940. The molecule has 1 amide bonds. The molecular weight excluding hydrogens is 246 g/mol. The molecule has 0 aliphatic heterocycles. The molecule has 102 valence electrons. The zero-order valence-corrected chi connectivity index (χ0v) is 11.0. The molecule has 5 heteroatoms. The highest BCUT2D eigenvalue weighted by Crippen LogP contribution is 2.07. The van der Waals surface area contributed by atoms with Crippen molar-refractivity contribution >= 4 is 17.7 Å². The predicted octanol–water partition coefficient (Wildman–Crippen LogP) is 1.33. The molecule has 0 saturated carbocycles. The predicted molar refractivity (Wildman–Crippen MR) is 69.6 cm³/mol. The maximum Gasteiger partial charge on any atom is 0.329 e. The van der Waals surface area contributed by atoms with Crippen LogP contribution in [0, 0.1) is 0 Å². The third-order valence-corrected chi connectivity index (χ3v) is 2.43. The topological polar surface area (TPSA) is 72.5 Å². The first-order valence-corrected chi connectivity index (χ1v) is 6.06. The summed E-state index contributed by atoms with van der Waals surface area (Å²) in [7, 11) is 0. The number of ether oxygens (including phenoxy) is 1. The van der Waals surface area contributed by atoms with Crippen molar-refractivity contribution in [2.45, 2.75) is 26.3 Å². The molecule has 0 spiro atoms. The maximum absolute atomic E-state index is 12.0. The normalized spacial score (nSPS) is 11.5. The van der Waals surface area contributed by atoms with Gasteiger partial charge >= 0.3 is 5.97 Å². The first kappa shape index (κ1) is 14.9. The van der Waals surface area contributed by atoms with Gasteiger partial charge in [-0.05, 0) is 6.92 Å². The summed E-state index contributed by atoms with van der Waals surface area (Å²) in [5.41, 5.74) is 0.502. The third kappa shape index (κ3) is 4.91. The fourth-order valence-corrected chi connectivity index (χ4v) is 1.61. The number of nitrogens with one attached hydrogen (secondary N) is 1. The third-order valence-electron chi connectivity index (χ3n) is 2.43. The zero-order chi connectivity index (χ0) is 14.3. The SMILES string of the molecule is CCOC(=O)[C@H](CC(=O)c1ccccc1)NC(C)=O. The molecule has 0 saturated heterocycles. The van der Waals surface area contributed by atoms with Crippen molar-refractivity contribution in [1.82, 2.24) is 5.32 Å². The van der Waals surface area contributed by atoms with Crippen LogP contribution in [0.5, 0.6) is 0 Å². The lowest BCUT2D eigenvalue weighted by Gasteiger charge is -2.15. The van der Waals surface area contributed by atoms with Gasteiger partial charge in [0.05, 0.1) is 6.61 Å². The van der Waals surface area contributed by atoms with Gasteiger partial charge in [0, 0.05) is 18.9 Å². The Labute approximate surface area is 111 Å². The molecule has 1 atom stereocenters. The minimum Gasteiger partial charge on any atom is -0.464 e. The molecule has 0 radical (unpaired) electrons. The Hall–Kier alpha value is -2.17. The summed E-state index contributed by atoms with van der Waals surface area (Å²) in [4.78, 5) is 34.7. The summed E-state index contributed by atoms with van der Waals surface area (Å²) in [6, 6.07) is 7.67. The fraction of sp³-hybridized carbons (Fsp3) is 0.357. The van der Waals surface area contributed by atoms with E-state index in [0.717, 1.165) is 0 Å². The Bertz CT molecular complexity index is 456. The summed E-state index contributed by atoms with van der Waals surface area (Å²) in [5, 5.41) is 2.43. The van der Waals surface area contributed by atoms with Crippen LogP contribution in [0.25, 0.3) is 0 Å². The van der Waals surface area contributed by atoms with Crippen LogP contribution in [-0.4, -0.2) is 30.3 Å². The molecule has 0 aromatic heterocycles. The quantitative estimate of drug-likeness (QED) is 0.620. The molecule has 5 nitrogen and oxygen atoms in total. The molecule has 0 aliphatic rings. The lowest BCUT2D eigenvalue weighted by Crippen LogP contribution is -2.42. The van der Waals surface area contributed by atoms with E-state index in [2.05, 4.69) is 5.32 Å². The van der Waals surface area contributed by atoms with Crippen LogP contribution in [0.15, 0.2) is 30.3 Å². The monoisotopic (exact) mass is 263 g/mol. The van der Waals surface area contributed by atoms with Gasteiger partial charge < -0.3 is 10.1 Å². The van der Waals surface area contributed by atoms with Crippen molar-refractivity contribution in [1.29, 1.82) is 0 Å². The second-order valence-corrected chi connectivity index (χ2v) is 4.00. The van der Waals surface area contributed by atoms with Gasteiger partial charge in [-0.2, -0.15) is 0 Å². The number of carbonyl (C=O) groups is 3. The van der Waals surface area contributed by atoms with Crippen LogP contribution in [0.3, 0.4) is 0 Å². The second-order valence-electron chi connectivity index (χ2n) is 4.00. The maximum atomic E-state index is 12.0. The van der Waals surface area contributed by atoms with Gasteiger partial charge in [0.2, 0.25) is 5.91 Å². The lowest BCUT2D eigenvalue weighted by molar-refractivity contribution is -0.147. The lowest BCUT2D eigenvalue weighted by atomic mass is 10.0. The van der Waals surface area contributed by atoms with E-state index < -0.39 is 12.0 Å². The highest BCUT2D eigenvalue weighted by molar-refractivity contribution is 5.99. The first-order chi connectivity index (χ1) is 9.04.